The van der Waals surface area contributed by atoms with Crippen LogP contribution in [0.15, 0.2) is 206 Å². The Morgan fingerprint density at radius 2 is 0.438 bits per heavy atom. The summed E-state index contributed by atoms with van der Waals surface area (Å²) >= 11 is 0. The van der Waals surface area contributed by atoms with Crippen LogP contribution in [0.4, 0.5) is 51.2 Å². The third-order valence-corrected chi connectivity index (χ3v) is 12.4. The fraction of sp³-hybridized carbons (Fsp3) is 0.100. The molecule has 0 aliphatic carbocycles. The molecule has 0 aliphatic heterocycles. The molecular weight excluding hydrogens is 777 g/mol. The van der Waals surface area contributed by atoms with Gasteiger partial charge in [0.25, 0.3) is 0 Å². The summed E-state index contributed by atoms with van der Waals surface area (Å²) in [5.74, 6) is 0. The molecule has 0 saturated carbocycles. The van der Waals surface area contributed by atoms with E-state index in [2.05, 4.69) is 267 Å². The van der Waals surface area contributed by atoms with E-state index in [-0.39, 0.29) is 0 Å². The molecule has 312 valence electrons. The molecule has 0 bridgehead atoms. The highest BCUT2D eigenvalue weighted by Gasteiger charge is 2.21. The average molecular weight is 829 g/mol. The first-order chi connectivity index (χ1) is 31.2. The van der Waals surface area contributed by atoms with E-state index in [4.69, 9.17) is 0 Å². The maximum atomic E-state index is 2.45. The predicted octanol–water partition coefficient (Wildman–Crippen LogP) is 17.0. The second-order valence-corrected chi connectivity index (χ2v) is 17.3. The van der Waals surface area contributed by atoms with Crippen LogP contribution in [0.3, 0.4) is 0 Å². The van der Waals surface area contributed by atoms with Gasteiger partial charge >= 0.3 is 0 Å². The van der Waals surface area contributed by atoms with Crippen molar-refractivity contribution in [3.63, 3.8) is 0 Å². The molecule has 1 aromatic heterocycles. The van der Waals surface area contributed by atoms with E-state index in [0.717, 1.165) is 67.9 Å². The van der Waals surface area contributed by atoms with Crippen molar-refractivity contribution < 1.29 is 0 Å². The highest BCUT2D eigenvalue weighted by Crippen LogP contribution is 2.43. The van der Waals surface area contributed by atoms with Gasteiger partial charge in [0.1, 0.15) is 0 Å². The number of fused-ring (bicyclic) bond motifs is 3. The number of rotatable bonds is 10. The van der Waals surface area contributed by atoms with Crippen molar-refractivity contribution in [2.24, 2.45) is 0 Å². The van der Waals surface area contributed by atoms with Crippen molar-refractivity contribution in [1.82, 2.24) is 4.57 Å². The number of nitrogens with zero attached hydrogens (tertiary/aromatic N) is 4. The highest BCUT2D eigenvalue weighted by molar-refractivity contribution is 6.11. The van der Waals surface area contributed by atoms with Crippen LogP contribution in [0.25, 0.3) is 27.5 Å². The lowest BCUT2D eigenvalue weighted by atomic mass is 10.1. The molecule has 4 heteroatoms. The minimum absolute atomic E-state index is 1.08. The Morgan fingerprint density at radius 3 is 0.688 bits per heavy atom. The Labute approximate surface area is 377 Å². The van der Waals surface area contributed by atoms with Crippen LogP contribution in [0, 0.1) is 41.5 Å². The zero-order chi connectivity index (χ0) is 43.9. The van der Waals surface area contributed by atoms with Crippen molar-refractivity contribution in [3.8, 4) is 5.69 Å². The summed E-state index contributed by atoms with van der Waals surface area (Å²) in [5.41, 5.74) is 20.7. The third-order valence-electron chi connectivity index (χ3n) is 12.4. The molecule has 0 amide bonds. The first-order valence-corrected chi connectivity index (χ1v) is 22.2. The van der Waals surface area contributed by atoms with Crippen molar-refractivity contribution >= 4 is 73.0 Å². The number of aryl methyl sites for hydroxylation is 6. The molecule has 10 aromatic rings. The molecular formula is C60H52N4. The standard InChI is InChI=1S/C60H52N4/c1-41-7-19-47(20-8-41)61(48-21-9-42(2)10-22-48)53-31-33-54(34-32-53)64-59-39-55(62(49-23-11-43(3)12-24-49)50-25-13-44(4)14-26-50)35-37-57(59)58-38-36-56(40-60(58)64)63(51-27-15-45(5)16-28-51)52-29-17-46(6)18-30-52/h7-40H,1-6H3. The summed E-state index contributed by atoms with van der Waals surface area (Å²) in [6.07, 6.45) is 0. The van der Waals surface area contributed by atoms with Gasteiger partial charge < -0.3 is 19.3 Å². The van der Waals surface area contributed by atoms with E-state index in [1.807, 2.05) is 0 Å². The van der Waals surface area contributed by atoms with Gasteiger partial charge in [0, 0.05) is 67.6 Å². The van der Waals surface area contributed by atoms with Crippen molar-refractivity contribution in [3.05, 3.63) is 240 Å². The van der Waals surface area contributed by atoms with Crippen LogP contribution in [-0.2, 0) is 0 Å². The van der Waals surface area contributed by atoms with Crippen LogP contribution < -0.4 is 14.7 Å². The van der Waals surface area contributed by atoms with Crippen LogP contribution >= 0.6 is 0 Å². The summed E-state index contributed by atoms with van der Waals surface area (Å²) in [6, 6.07) is 75.9. The molecule has 0 atom stereocenters. The maximum absolute atomic E-state index is 2.45. The van der Waals surface area contributed by atoms with Crippen molar-refractivity contribution in [2.45, 2.75) is 41.5 Å². The second-order valence-electron chi connectivity index (χ2n) is 17.3. The van der Waals surface area contributed by atoms with Gasteiger partial charge in [0.2, 0.25) is 0 Å². The highest BCUT2D eigenvalue weighted by atomic mass is 15.2. The minimum Gasteiger partial charge on any atom is -0.311 e. The van der Waals surface area contributed by atoms with E-state index in [0.29, 0.717) is 0 Å². The largest absolute Gasteiger partial charge is 0.311 e. The van der Waals surface area contributed by atoms with Gasteiger partial charge in [-0.25, -0.2) is 0 Å². The smallest absolute Gasteiger partial charge is 0.0561 e. The van der Waals surface area contributed by atoms with Gasteiger partial charge in [-0.15, -0.1) is 0 Å². The van der Waals surface area contributed by atoms with E-state index < -0.39 is 0 Å². The average Bonchev–Trinajstić information content (AvgIpc) is 3.63. The molecule has 0 spiro atoms. The summed E-state index contributed by atoms with van der Waals surface area (Å²) in [4.78, 5) is 7.07. The number of anilines is 9. The Hall–Kier alpha value is -7.82. The Bertz CT molecular complexity index is 2930. The lowest BCUT2D eigenvalue weighted by Crippen LogP contribution is -2.11. The number of hydrogen-bond acceptors (Lipinski definition) is 3. The zero-order valence-corrected chi connectivity index (χ0v) is 37.4. The van der Waals surface area contributed by atoms with Gasteiger partial charge in [-0.05, 0) is 163 Å². The quantitative estimate of drug-likeness (QED) is 0.136. The summed E-state index contributed by atoms with van der Waals surface area (Å²) in [6.45, 7) is 12.8. The molecule has 10 rings (SSSR count). The molecule has 0 fully saturated rings. The molecule has 64 heavy (non-hydrogen) atoms. The second kappa shape index (κ2) is 16.8. The molecule has 0 radical (unpaired) electrons. The lowest BCUT2D eigenvalue weighted by molar-refractivity contribution is 1.17. The summed E-state index contributed by atoms with van der Waals surface area (Å²) in [5, 5.41) is 2.39. The molecule has 9 aromatic carbocycles. The topological polar surface area (TPSA) is 14.7 Å². The molecule has 0 N–H and O–H groups in total. The normalized spacial score (nSPS) is 11.3. The van der Waals surface area contributed by atoms with E-state index >= 15 is 0 Å². The molecule has 4 nitrogen and oxygen atoms in total. The number of benzene rings is 9. The number of hydrogen-bond donors (Lipinski definition) is 0. The predicted molar refractivity (Wildman–Crippen MR) is 273 cm³/mol. The van der Waals surface area contributed by atoms with Crippen LogP contribution in [0.5, 0.6) is 0 Å². The van der Waals surface area contributed by atoms with Crippen LogP contribution in [0.1, 0.15) is 33.4 Å². The SMILES string of the molecule is Cc1ccc(N(c2ccc(C)cc2)c2ccc(-n3c4cc(N(c5ccc(C)cc5)c5ccc(C)cc5)ccc4c4ccc(N(c5ccc(C)cc5)c5ccc(C)cc5)cc43)cc2)cc1. The van der Waals surface area contributed by atoms with Crippen LogP contribution in [-0.4, -0.2) is 4.57 Å². The Balaban J connectivity index is 1.19. The first-order valence-electron chi connectivity index (χ1n) is 22.2. The van der Waals surface area contributed by atoms with Gasteiger partial charge in [-0.1, -0.05) is 118 Å². The van der Waals surface area contributed by atoms with Gasteiger partial charge in [0.05, 0.1) is 11.0 Å². The molecule has 1 heterocycles. The zero-order valence-electron chi connectivity index (χ0n) is 37.4. The van der Waals surface area contributed by atoms with Crippen LogP contribution in [0.2, 0.25) is 0 Å². The van der Waals surface area contributed by atoms with Gasteiger partial charge in [0.15, 0.2) is 0 Å². The minimum atomic E-state index is 1.08. The van der Waals surface area contributed by atoms with E-state index in [1.54, 1.807) is 0 Å². The first kappa shape index (κ1) is 40.3. The molecule has 0 aliphatic rings. The maximum Gasteiger partial charge on any atom is 0.0561 e. The van der Waals surface area contributed by atoms with Crippen molar-refractivity contribution in [2.75, 3.05) is 14.7 Å². The lowest BCUT2D eigenvalue weighted by Gasteiger charge is -2.27. The fourth-order valence-electron chi connectivity index (χ4n) is 8.81. The Kier molecular flexibility index (Phi) is 10.6. The third kappa shape index (κ3) is 7.80. The number of aromatic nitrogens is 1. The fourth-order valence-corrected chi connectivity index (χ4v) is 8.81. The summed E-state index contributed by atoms with van der Waals surface area (Å²) < 4.78 is 2.45. The molecule has 0 saturated heterocycles. The van der Waals surface area contributed by atoms with E-state index in [9.17, 15) is 0 Å². The monoisotopic (exact) mass is 828 g/mol. The summed E-state index contributed by atoms with van der Waals surface area (Å²) in [7, 11) is 0. The van der Waals surface area contributed by atoms with Gasteiger partial charge in [-0.2, -0.15) is 0 Å². The molecule has 0 unspecified atom stereocenters. The van der Waals surface area contributed by atoms with Crippen molar-refractivity contribution in [1.29, 1.82) is 0 Å². The Morgan fingerprint density at radius 1 is 0.234 bits per heavy atom. The van der Waals surface area contributed by atoms with E-state index in [1.165, 1.54) is 44.2 Å². The van der Waals surface area contributed by atoms with Gasteiger partial charge in [-0.3, -0.25) is 0 Å².